The zero-order valence-corrected chi connectivity index (χ0v) is 14.4. The van der Waals surface area contributed by atoms with E-state index in [-0.39, 0.29) is 11.9 Å². The van der Waals surface area contributed by atoms with Crippen LogP contribution in [0.15, 0.2) is 12.3 Å². The number of aromatic nitrogens is 2. The summed E-state index contributed by atoms with van der Waals surface area (Å²) in [6.45, 7) is 4.99. The summed E-state index contributed by atoms with van der Waals surface area (Å²) in [6, 6.07) is 2.02. The Morgan fingerprint density at radius 1 is 1.30 bits per heavy atom. The minimum Gasteiger partial charge on any atom is -0.348 e. The number of rotatable bonds is 5. The Labute approximate surface area is 139 Å². The van der Waals surface area contributed by atoms with Crippen molar-refractivity contribution in [3.05, 3.63) is 18.0 Å². The maximum atomic E-state index is 12.6. The van der Waals surface area contributed by atoms with E-state index in [1.807, 2.05) is 23.9 Å². The molecule has 0 radical (unpaired) electrons. The molecule has 126 valence electrons. The average molecular weight is 315 g/mol. The number of carbonyl (C=O) groups excluding carboxylic acids is 1. The van der Waals surface area contributed by atoms with Crippen molar-refractivity contribution in [3.8, 4) is 0 Å². The van der Waals surface area contributed by atoms with Gasteiger partial charge in [0.05, 0.1) is 11.7 Å². The van der Waals surface area contributed by atoms with E-state index in [1.54, 1.807) is 0 Å². The van der Waals surface area contributed by atoms with Gasteiger partial charge in [0, 0.05) is 19.2 Å². The number of aryl methyl sites for hydroxylation is 1. The zero-order valence-electron chi connectivity index (χ0n) is 14.4. The van der Waals surface area contributed by atoms with Gasteiger partial charge in [-0.05, 0) is 81.6 Å². The van der Waals surface area contributed by atoms with Gasteiger partial charge >= 0.3 is 0 Å². The van der Waals surface area contributed by atoms with Gasteiger partial charge in [-0.1, -0.05) is 0 Å². The second kappa shape index (κ2) is 5.64. The molecule has 0 saturated heterocycles. The molecular weight excluding hydrogens is 286 g/mol. The highest BCUT2D eigenvalue weighted by atomic mass is 16.1. The minimum absolute atomic E-state index is 0.00390. The second-order valence-electron chi connectivity index (χ2n) is 8.48. The van der Waals surface area contributed by atoms with Crippen molar-refractivity contribution < 1.29 is 4.79 Å². The molecule has 1 aromatic heterocycles. The van der Waals surface area contributed by atoms with E-state index >= 15 is 0 Å². The molecule has 0 aliphatic heterocycles. The molecule has 5 rings (SSSR count). The summed E-state index contributed by atoms with van der Waals surface area (Å²) in [7, 11) is 0. The van der Waals surface area contributed by atoms with Gasteiger partial charge < -0.3 is 5.32 Å². The van der Waals surface area contributed by atoms with Gasteiger partial charge in [0.15, 0.2) is 0 Å². The first-order valence-corrected chi connectivity index (χ1v) is 9.38. The van der Waals surface area contributed by atoms with Crippen LogP contribution in [0.2, 0.25) is 0 Å². The molecule has 4 nitrogen and oxygen atoms in total. The van der Waals surface area contributed by atoms with Gasteiger partial charge in [-0.25, -0.2) is 0 Å². The quantitative estimate of drug-likeness (QED) is 0.901. The molecule has 1 atom stereocenters. The Morgan fingerprint density at radius 2 is 1.91 bits per heavy atom. The fourth-order valence-corrected chi connectivity index (χ4v) is 6.00. The zero-order chi connectivity index (χ0) is 16.0. The monoisotopic (exact) mass is 315 g/mol. The molecule has 1 aromatic rings. The van der Waals surface area contributed by atoms with Crippen LogP contribution >= 0.6 is 0 Å². The molecule has 4 bridgehead atoms. The summed E-state index contributed by atoms with van der Waals surface area (Å²) < 4.78 is 1.91. The van der Waals surface area contributed by atoms with Gasteiger partial charge in [0.25, 0.3) is 0 Å². The SMILES string of the molecule is CCn1ccc(C(C)NC(=O)CC23CC4CC(CC(C4)C2)C3)n1. The molecular formula is C19H29N3O. The first-order valence-electron chi connectivity index (χ1n) is 9.38. The van der Waals surface area contributed by atoms with Gasteiger partial charge in [-0.15, -0.1) is 0 Å². The van der Waals surface area contributed by atoms with Crippen molar-refractivity contribution in [2.45, 2.75) is 71.4 Å². The Kier molecular flexibility index (Phi) is 3.73. The Balaban J connectivity index is 1.38. The maximum absolute atomic E-state index is 12.6. The van der Waals surface area contributed by atoms with E-state index in [1.165, 1.54) is 38.5 Å². The maximum Gasteiger partial charge on any atom is 0.221 e. The molecule has 4 heteroatoms. The third-order valence-electron chi connectivity index (χ3n) is 6.51. The normalized spacial score (nSPS) is 36.2. The third-order valence-corrected chi connectivity index (χ3v) is 6.51. The van der Waals surface area contributed by atoms with Gasteiger partial charge in [0.1, 0.15) is 0 Å². The van der Waals surface area contributed by atoms with Crippen LogP contribution in [0.3, 0.4) is 0 Å². The fourth-order valence-electron chi connectivity index (χ4n) is 6.00. The molecule has 0 aromatic carbocycles. The fraction of sp³-hybridized carbons (Fsp3) is 0.789. The van der Waals surface area contributed by atoms with Crippen molar-refractivity contribution in [1.82, 2.24) is 15.1 Å². The molecule has 1 unspecified atom stereocenters. The molecule has 0 spiro atoms. The lowest BCUT2D eigenvalue weighted by Gasteiger charge is -2.56. The van der Waals surface area contributed by atoms with E-state index in [0.717, 1.165) is 36.4 Å². The highest BCUT2D eigenvalue weighted by molar-refractivity contribution is 5.77. The lowest BCUT2D eigenvalue weighted by atomic mass is 9.49. The van der Waals surface area contributed by atoms with Crippen molar-refractivity contribution in [1.29, 1.82) is 0 Å². The number of carbonyl (C=O) groups is 1. The number of hydrogen-bond acceptors (Lipinski definition) is 2. The summed E-state index contributed by atoms with van der Waals surface area (Å²) in [5.74, 6) is 2.95. The molecule has 1 N–H and O–H groups in total. The van der Waals surface area contributed by atoms with Crippen LogP contribution < -0.4 is 5.32 Å². The predicted molar refractivity (Wildman–Crippen MR) is 89.7 cm³/mol. The second-order valence-corrected chi connectivity index (χ2v) is 8.48. The summed E-state index contributed by atoms with van der Waals surface area (Å²) in [5.41, 5.74) is 1.28. The van der Waals surface area contributed by atoms with Crippen LogP contribution in [0, 0.1) is 23.2 Å². The topological polar surface area (TPSA) is 46.9 Å². The first kappa shape index (κ1) is 15.2. The van der Waals surface area contributed by atoms with Gasteiger partial charge in [0.2, 0.25) is 5.91 Å². The standard InChI is InChI=1S/C19H29N3O/c1-3-22-5-4-17(21-22)13(2)20-18(23)12-19-9-14-6-15(10-19)8-16(7-14)11-19/h4-5,13-16H,3,6-12H2,1-2H3,(H,20,23). The van der Waals surface area contributed by atoms with Crippen molar-refractivity contribution in [3.63, 3.8) is 0 Å². The summed E-state index contributed by atoms with van der Waals surface area (Å²) in [4.78, 5) is 12.6. The summed E-state index contributed by atoms with van der Waals surface area (Å²) in [5, 5.41) is 7.70. The highest BCUT2D eigenvalue weighted by Crippen LogP contribution is 2.61. The van der Waals surface area contributed by atoms with E-state index in [4.69, 9.17) is 0 Å². The Morgan fingerprint density at radius 3 is 2.43 bits per heavy atom. The van der Waals surface area contributed by atoms with Crippen molar-refractivity contribution >= 4 is 5.91 Å². The lowest BCUT2D eigenvalue weighted by molar-refractivity contribution is -0.130. The lowest BCUT2D eigenvalue weighted by Crippen LogP contribution is -2.48. The van der Waals surface area contributed by atoms with Crippen LogP contribution in [0.25, 0.3) is 0 Å². The molecule has 23 heavy (non-hydrogen) atoms. The van der Waals surface area contributed by atoms with Crippen LogP contribution in [-0.2, 0) is 11.3 Å². The number of hydrogen-bond donors (Lipinski definition) is 1. The van der Waals surface area contributed by atoms with E-state index in [9.17, 15) is 4.79 Å². The van der Waals surface area contributed by atoms with Crippen molar-refractivity contribution in [2.24, 2.45) is 23.2 Å². The molecule has 1 amide bonds. The smallest absolute Gasteiger partial charge is 0.221 e. The highest BCUT2D eigenvalue weighted by Gasteiger charge is 2.51. The minimum atomic E-state index is 0.00390. The Bertz CT molecular complexity index is 556. The largest absolute Gasteiger partial charge is 0.348 e. The van der Waals surface area contributed by atoms with Crippen LogP contribution in [-0.4, -0.2) is 15.7 Å². The molecule has 4 saturated carbocycles. The predicted octanol–water partition coefficient (Wildman–Crippen LogP) is 3.69. The van der Waals surface area contributed by atoms with Crippen LogP contribution in [0.1, 0.15) is 70.5 Å². The van der Waals surface area contributed by atoms with Gasteiger partial charge in [-0.2, -0.15) is 5.10 Å². The molecule has 4 fully saturated rings. The number of nitrogens with one attached hydrogen (secondary N) is 1. The van der Waals surface area contributed by atoms with Crippen molar-refractivity contribution in [2.75, 3.05) is 0 Å². The van der Waals surface area contributed by atoms with Crippen LogP contribution in [0.5, 0.6) is 0 Å². The molecule has 4 aliphatic carbocycles. The van der Waals surface area contributed by atoms with E-state index in [0.29, 0.717) is 5.41 Å². The number of nitrogens with zero attached hydrogens (tertiary/aromatic N) is 2. The Hall–Kier alpha value is -1.32. The average Bonchev–Trinajstić information content (AvgIpc) is 2.93. The summed E-state index contributed by atoms with van der Waals surface area (Å²) >= 11 is 0. The van der Waals surface area contributed by atoms with E-state index < -0.39 is 0 Å². The molecule has 4 aliphatic rings. The number of amides is 1. The van der Waals surface area contributed by atoms with Crippen LogP contribution in [0.4, 0.5) is 0 Å². The van der Waals surface area contributed by atoms with Gasteiger partial charge in [-0.3, -0.25) is 9.48 Å². The summed E-state index contributed by atoms with van der Waals surface area (Å²) in [6.07, 6.45) is 10.9. The first-order chi connectivity index (χ1) is 11.0. The third kappa shape index (κ3) is 2.92. The molecule has 1 heterocycles. The van der Waals surface area contributed by atoms with E-state index in [2.05, 4.69) is 17.3 Å².